The van der Waals surface area contributed by atoms with Crippen molar-refractivity contribution in [3.05, 3.63) is 35.5 Å². The summed E-state index contributed by atoms with van der Waals surface area (Å²) < 4.78 is 39.3. The molecule has 1 fully saturated rings. The number of hydrogen-bond donors (Lipinski definition) is 3. The quantitative estimate of drug-likeness (QED) is 0.602. The summed E-state index contributed by atoms with van der Waals surface area (Å²) in [6.45, 7) is 3.80. The van der Waals surface area contributed by atoms with Crippen molar-refractivity contribution in [1.82, 2.24) is 15.3 Å². The van der Waals surface area contributed by atoms with Gasteiger partial charge in [0.15, 0.2) is 0 Å². The Morgan fingerprint density at radius 3 is 2.66 bits per heavy atom. The van der Waals surface area contributed by atoms with Crippen LogP contribution in [-0.2, 0) is 12.6 Å². The molecular formula is C20H27F3N6. The molecule has 0 radical (unpaired) electrons. The van der Waals surface area contributed by atoms with E-state index < -0.39 is 11.7 Å². The first-order valence-corrected chi connectivity index (χ1v) is 9.83. The second-order valence-electron chi connectivity index (χ2n) is 7.33. The summed E-state index contributed by atoms with van der Waals surface area (Å²) in [6, 6.07) is 5.75. The molecule has 0 unspecified atom stereocenters. The molecule has 9 heteroatoms. The number of alkyl halides is 3. The van der Waals surface area contributed by atoms with Crippen LogP contribution in [0.3, 0.4) is 0 Å². The molecule has 1 aliphatic heterocycles. The van der Waals surface area contributed by atoms with Crippen LogP contribution in [0.25, 0.3) is 0 Å². The van der Waals surface area contributed by atoms with Gasteiger partial charge >= 0.3 is 6.18 Å². The number of aryl methyl sites for hydroxylation is 1. The molecule has 0 amide bonds. The van der Waals surface area contributed by atoms with Gasteiger partial charge in [0.25, 0.3) is 0 Å². The van der Waals surface area contributed by atoms with E-state index in [1.807, 2.05) is 13.1 Å². The standard InChI is InChI=1S/C20H27F3N6/c1-3-4-5-15-11-18(29-7-6-16(12-29)25-2)28-19(26-15)27-17-9-13(20(21,22)23)8-14(24)10-17/h8-11,16,25H,3-7,12,24H2,1-2H3,(H,26,27,28)/t16-/m0/s1. The van der Waals surface area contributed by atoms with Crippen molar-refractivity contribution >= 4 is 23.1 Å². The van der Waals surface area contributed by atoms with E-state index in [0.29, 0.717) is 6.04 Å². The first-order valence-electron chi connectivity index (χ1n) is 9.83. The van der Waals surface area contributed by atoms with Gasteiger partial charge in [0.1, 0.15) is 5.82 Å². The third-order valence-electron chi connectivity index (χ3n) is 5.01. The lowest BCUT2D eigenvalue weighted by atomic mass is 10.1. The number of aromatic nitrogens is 2. The minimum Gasteiger partial charge on any atom is -0.399 e. The van der Waals surface area contributed by atoms with Gasteiger partial charge < -0.3 is 21.3 Å². The first-order chi connectivity index (χ1) is 13.8. The van der Waals surface area contributed by atoms with Crippen molar-refractivity contribution in [3.63, 3.8) is 0 Å². The van der Waals surface area contributed by atoms with Gasteiger partial charge in [-0.2, -0.15) is 18.2 Å². The Balaban J connectivity index is 1.90. The maximum absolute atomic E-state index is 13.1. The molecular weight excluding hydrogens is 381 g/mol. The SMILES string of the molecule is CCCCc1cc(N2CC[C@H](NC)C2)nc(Nc2cc(N)cc(C(F)(F)F)c2)n1. The van der Waals surface area contributed by atoms with Crippen LogP contribution in [0.2, 0.25) is 0 Å². The van der Waals surface area contributed by atoms with Crippen molar-refractivity contribution in [2.24, 2.45) is 0 Å². The fourth-order valence-corrected chi connectivity index (χ4v) is 3.41. The maximum atomic E-state index is 13.1. The molecule has 158 valence electrons. The van der Waals surface area contributed by atoms with E-state index in [9.17, 15) is 13.2 Å². The molecule has 1 aromatic carbocycles. The van der Waals surface area contributed by atoms with Gasteiger partial charge in [-0.1, -0.05) is 13.3 Å². The van der Waals surface area contributed by atoms with Crippen molar-refractivity contribution in [2.75, 3.05) is 36.1 Å². The number of nitrogens with one attached hydrogen (secondary N) is 2. The number of likely N-dealkylation sites (N-methyl/N-ethyl adjacent to an activating group) is 1. The lowest BCUT2D eigenvalue weighted by Gasteiger charge is -2.19. The number of nitrogen functional groups attached to an aromatic ring is 1. The number of anilines is 4. The minimum absolute atomic E-state index is 0.0288. The number of nitrogens with zero attached hydrogens (tertiary/aromatic N) is 3. The number of nitrogens with two attached hydrogens (primary N) is 1. The average Bonchev–Trinajstić information content (AvgIpc) is 3.14. The van der Waals surface area contributed by atoms with Gasteiger partial charge in [-0.3, -0.25) is 0 Å². The van der Waals surface area contributed by atoms with Gasteiger partial charge in [0.2, 0.25) is 5.95 Å². The highest BCUT2D eigenvalue weighted by Gasteiger charge is 2.31. The summed E-state index contributed by atoms with van der Waals surface area (Å²) in [7, 11) is 1.94. The molecule has 4 N–H and O–H groups in total. The van der Waals surface area contributed by atoms with E-state index in [1.54, 1.807) is 0 Å². The van der Waals surface area contributed by atoms with Gasteiger partial charge in [-0.25, -0.2) is 4.98 Å². The van der Waals surface area contributed by atoms with Crippen LogP contribution in [0, 0.1) is 0 Å². The van der Waals surface area contributed by atoms with Gasteiger partial charge in [0, 0.05) is 42.3 Å². The molecule has 2 aromatic rings. The molecule has 6 nitrogen and oxygen atoms in total. The minimum atomic E-state index is -4.47. The number of hydrogen-bond acceptors (Lipinski definition) is 6. The van der Waals surface area contributed by atoms with Crippen molar-refractivity contribution in [1.29, 1.82) is 0 Å². The third-order valence-corrected chi connectivity index (χ3v) is 5.01. The van der Waals surface area contributed by atoms with Gasteiger partial charge in [0.05, 0.1) is 5.56 Å². The maximum Gasteiger partial charge on any atom is 0.416 e. The van der Waals surface area contributed by atoms with E-state index in [0.717, 1.165) is 62.4 Å². The fourth-order valence-electron chi connectivity index (χ4n) is 3.41. The molecule has 3 rings (SSSR count). The summed E-state index contributed by atoms with van der Waals surface area (Å²) in [5, 5.41) is 6.19. The van der Waals surface area contributed by atoms with E-state index in [2.05, 4.69) is 32.4 Å². The predicted molar refractivity (Wildman–Crippen MR) is 109 cm³/mol. The van der Waals surface area contributed by atoms with Gasteiger partial charge in [-0.05, 0) is 44.5 Å². The van der Waals surface area contributed by atoms with Crippen LogP contribution < -0.4 is 21.3 Å². The zero-order chi connectivity index (χ0) is 21.0. The highest BCUT2D eigenvalue weighted by Crippen LogP contribution is 2.33. The van der Waals surface area contributed by atoms with E-state index in [-0.39, 0.29) is 17.3 Å². The number of halogens is 3. The highest BCUT2D eigenvalue weighted by molar-refractivity contribution is 5.63. The lowest BCUT2D eigenvalue weighted by Crippen LogP contribution is -2.30. The topological polar surface area (TPSA) is 79.1 Å². The van der Waals surface area contributed by atoms with E-state index >= 15 is 0 Å². The third kappa shape index (κ3) is 5.50. The first kappa shape index (κ1) is 21.2. The highest BCUT2D eigenvalue weighted by atomic mass is 19.4. The molecule has 0 aliphatic carbocycles. The smallest absolute Gasteiger partial charge is 0.399 e. The summed E-state index contributed by atoms with van der Waals surface area (Å²) in [6.07, 6.45) is -0.672. The van der Waals surface area contributed by atoms with Crippen molar-refractivity contribution in [3.8, 4) is 0 Å². The number of benzene rings is 1. The largest absolute Gasteiger partial charge is 0.416 e. The monoisotopic (exact) mass is 408 g/mol. The number of rotatable bonds is 7. The zero-order valence-corrected chi connectivity index (χ0v) is 16.7. The van der Waals surface area contributed by atoms with E-state index in [4.69, 9.17) is 5.73 Å². The van der Waals surface area contributed by atoms with Crippen LogP contribution in [0.15, 0.2) is 24.3 Å². The molecule has 0 spiro atoms. The second kappa shape index (κ2) is 8.86. The average molecular weight is 408 g/mol. The Hall–Kier alpha value is -2.55. The van der Waals surface area contributed by atoms with Gasteiger partial charge in [-0.15, -0.1) is 0 Å². The van der Waals surface area contributed by atoms with E-state index in [1.165, 1.54) is 6.07 Å². The summed E-state index contributed by atoms with van der Waals surface area (Å²) in [5.74, 6) is 1.06. The predicted octanol–water partition coefficient (Wildman–Crippen LogP) is 3.96. The Morgan fingerprint density at radius 2 is 2.00 bits per heavy atom. The van der Waals surface area contributed by atoms with Crippen LogP contribution in [0.1, 0.15) is 37.4 Å². The molecule has 1 aromatic heterocycles. The Morgan fingerprint density at radius 1 is 1.21 bits per heavy atom. The van der Waals surface area contributed by atoms with Crippen LogP contribution in [-0.4, -0.2) is 36.1 Å². The van der Waals surface area contributed by atoms with Crippen LogP contribution >= 0.6 is 0 Å². The summed E-state index contributed by atoms with van der Waals surface area (Å²) in [4.78, 5) is 11.2. The molecule has 1 saturated heterocycles. The molecule has 2 heterocycles. The molecule has 1 aliphatic rings. The molecule has 1 atom stereocenters. The van der Waals surface area contributed by atoms with Crippen LogP contribution in [0.4, 0.5) is 36.3 Å². The second-order valence-corrected chi connectivity index (χ2v) is 7.33. The zero-order valence-electron chi connectivity index (χ0n) is 16.7. The van der Waals surface area contributed by atoms with Crippen molar-refractivity contribution < 1.29 is 13.2 Å². The fraction of sp³-hybridized carbons (Fsp3) is 0.500. The Labute approximate surface area is 168 Å². The lowest BCUT2D eigenvalue weighted by molar-refractivity contribution is -0.137. The Bertz CT molecular complexity index is 839. The molecule has 0 bridgehead atoms. The Kier molecular flexibility index (Phi) is 6.46. The summed E-state index contributed by atoms with van der Waals surface area (Å²) in [5.41, 5.74) is 5.97. The van der Waals surface area contributed by atoms with Crippen molar-refractivity contribution in [2.45, 2.75) is 44.8 Å². The molecule has 0 saturated carbocycles. The molecule has 29 heavy (non-hydrogen) atoms. The number of unbranched alkanes of at least 4 members (excludes halogenated alkanes) is 1. The summed E-state index contributed by atoms with van der Waals surface area (Å²) >= 11 is 0. The normalized spacial score (nSPS) is 17.0. The van der Waals surface area contributed by atoms with Crippen LogP contribution in [0.5, 0.6) is 0 Å².